The molecule has 2 aliphatic carbocycles. The number of aryl methyl sites for hydroxylation is 2. The number of ether oxygens (including phenoxy) is 1. The lowest BCUT2D eigenvalue weighted by Crippen LogP contribution is -2.50. The first kappa shape index (κ1) is 36.6. The molecule has 3 N–H and O–H groups in total. The van der Waals surface area contributed by atoms with Crippen LogP contribution in [0.3, 0.4) is 0 Å². The quantitative estimate of drug-likeness (QED) is 0.0753. The molecule has 2 aliphatic rings. The molecule has 2 amide bonds. The molecule has 0 radical (unpaired) electrons. The third-order valence-corrected chi connectivity index (χ3v) is 10.9. The zero-order chi connectivity index (χ0) is 35.7. The van der Waals surface area contributed by atoms with Crippen LogP contribution in [0.5, 0.6) is 0 Å². The SMILES string of the molecule is Cc1nn(COCC[Si](C)(C)C)c(C)c1-c1ccc(NC(=O)[C@@H](NC(=O)c2ccnn2CCC(O)C(F)(F)F)C(C2CC2)C2CC2)nc1F. The molecule has 0 aliphatic heterocycles. The van der Waals surface area contributed by atoms with Crippen LogP contribution in [0.1, 0.15) is 54.0 Å². The zero-order valence-electron chi connectivity index (χ0n) is 28.5. The van der Waals surface area contributed by atoms with E-state index in [9.17, 15) is 27.9 Å². The maximum atomic E-state index is 15.6. The second-order valence-corrected chi connectivity index (χ2v) is 20.0. The number of carbonyl (C=O) groups is 2. The highest BCUT2D eigenvalue weighted by atomic mass is 28.3. The van der Waals surface area contributed by atoms with Crippen LogP contribution in [0, 0.1) is 37.5 Å². The summed E-state index contributed by atoms with van der Waals surface area (Å²) in [6.07, 6.45) is -3.16. The Morgan fingerprint density at radius 1 is 1.08 bits per heavy atom. The van der Waals surface area contributed by atoms with Crippen molar-refractivity contribution in [2.24, 2.45) is 17.8 Å². The second kappa shape index (κ2) is 14.7. The molecular formula is C33H45F4N7O4Si. The summed E-state index contributed by atoms with van der Waals surface area (Å²) in [5, 5.41) is 23.4. The summed E-state index contributed by atoms with van der Waals surface area (Å²) in [7, 11) is -1.25. The largest absolute Gasteiger partial charge is 0.414 e. The van der Waals surface area contributed by atoms with E-state index in [1.165, 1.54) is 24.4 Å². The van der Waals surface area contributed by atoms with Gasteiger partial charge in [0.2, 0.25) is 11.9 Å². The number of aromatic nitrogens is 5. The van der Waals surface area contributed by atoms with Gasteiger partial charge in [-0.05, 0) is 81.5 Å². The molecule has 0 saturated heterocycles. The number of halogens is 4. The van der Waals surface area contributed by atoms with Crippen molar-refractivity contribution in [2.45, 2.75) is 103 Å². The molecule has 16 heteroatoms. The number of nitrogens with one attached hydrogen (secondary N) is 2. The van der Waals surface area contributed by atoms with Crippen molar-refractivity contribution >= 4 is 25.7 Å². The van der Waals surface area contributed by atoms with E-state index in [1.807, 2.05) is 6.92 Å². The number of anilines is 1. The minimum absolute atomic E-state index is 0.0283. The highest BCUT2D eigenvalue weighted by molar-refractivity contribution is 6.76. The molecular weight excluding hydrogens is 662 g/mol. The number of hydrogen-bond acceptors (Lipinski definition) is 7. The standard InChI is InChI=1S/C33H45F4N7O4Si/c1-19-27(20(2)44(42-19)18-48-16-17-49(3,4)5)23-10-11-26(39-30(23)34)40-32(47)29(28(21-6-7-21)22-8-9-22)41-31(46)24-12-14-38-43(24)15-13-25(45)33(35,36)37/h10-12,14,21-22,25,28-29,45H,6-9,13,15-18H2,1-5H3,(H,41,46)(H,39,40,47)/t25?,29-/m0/s1. The maximum Gasteiger partial charge on any atom is 0.414 e. The van der Waals surface area contributed by atoms with Crippen molar-refractivity contribution in [1.29, 1.82) is 0 Å². The van der Waals surface area contributed by atoms with E-state index in [0.29, 0.717) is 17.9 Å². The summed E-state index contributed by atoms with van der Waals surface area (Å²) in [6.45, 7) is 10.9. The Labute approximate surface area is 283 Å². The minimum Gasteiger partial charge on any atom is -0.384 e. The maximum absolute atomic E-state index is 15.6. The van der Waals surface area contributed by atoms with Crippen molar-refractivity contribution in [3.05, 3.63) is 47.4 Å². The van der Waals surface area contributed by atoms with Gasteiger partial charge in [-0.25, -0.2) is 9.67 Å². The number of aliphatic hydroxyl groups is 1. The fourth-order valence-corrected chi connectivity index (χ4v) is 6.95. The molecule has 2 saturated carbocycles. The van der Waals surface area contributed by atoms with Gasteiger partial charge >= 0.3 is 6.18 Å². The molecule has 3 heterocycles. The highest BCUT2D eigenvalue weighted by Gasteiger charge is 2.48. The fraction of sp³-hybridized carbons (Fsp3) is 0.606. The van der Waals surface area contributed by atoms with Crippen LogP contribution < -0.4 is 10.6 Å². The van der Waals surface area contributed by atoms with Gasteiger partial charge in [-0.3, -0.25) is 14.3 Å². The Bertz CT molecular complexity index is 1630. The van der Waals surface area contributed by atoms with Gasteiger partial charge < -0.3 is 20.5 Å². The molecule has 268 valence electrons. The van der Waals surface area contributed by atoms with Crippen molar-refractivity contribution in [3.8, 4) is 11.1 Å². The monoisotopic (exact) mass is 707 g/mol. The summed E-state index contributed by atoms with van der Waals surface area (Å²) >= 11 is 0. The van der Waals surface area contributed by atoms with Gasteiger partial charge in [-0.1, -0.05) is 19.6 Å². The second-order valence-electron chi connectivity index (χ2n) is 14.4. The van der Waals surface area contributed by atoms with Crippen LogP contribution in [0.4, 0.5) is 23.4 Å². The Morgan fingerprint density at radius 3 is 2.35 bits per heavy atom. The molecule has 0 bridgehead atoms. The van der Waals surface area contributed by atoms with Crippen LogP contribution >= 0.6 is 0 Å². The molecule has 11 nitrogen and oxygen atoms in total. The summed E-state index contributed by atoms with van der Waals surface area (Å²) in [6, 6.07) is 4.39. The van der Waals surface area contributed by atoms with E-state index in [1.54, 1.807) is 11.6 Å². The molecule has 2 fully saturated rings. The van der Waals surface area contributed by atoms with E-state index in [2.05, 4.69) is 45.5 Å². The number of rotatable bonds is 16. The topological polar surface area (TPSA) is 136 Å². The predicted octanol–water partition coefficient (Wildman–Crippen LogP) is 5.70. The van der Waals surface area contributed by atoms with Crippen LogP contribution in [-0.2, 0) is 22.8 Å². The van der Waals surface area contributed by atoms with E-state index in [0.717, 1.165) is 42.1 Å². The first-order chi connectivity index (χ1) is 23.0. The molecule has 49 heavy (non-hydrogen) atoms. The van der Waals surface area contributed by atoms with Gasteiger partial charge in [0.15, 0.2) is 6.10 Å². The van der Waals surface area contributed by atoms with E-state index in [-0.39, 0.29) is 48.1 Å². The van der Waals surface area contributed by atoms with Gasteiger partial charge in [0.25, 0.3) is 5.91 Å². The van der Waals surface area contributed by atoms with Crippen molar-refractivity contribution in [2.75, 3.05) is 11.9 Å². The lowest BCUT2D eigenvalue weighted by molar-refractivity contribution is -0.206. The Hall–Kier alpha value is -3.63. The van der Waals surface area contributed by atoms with Gasteiger partial charge in [0, 0.05) is 50.7 Å². The average molecular weight is 708 g/mol. The first-order valence-electron chi connectivity index (χ1n) is 16.7. The summed E-state index contributed by atoms with van der Waals surface area (Å²) < 4.78 is 62.7. The third kappa shape index (κ3) is 9.33. The van der Waals surface area contributed by atoms with Crippen molar-refractivity contribution in [3.63, 3.8) is 0 Å². The van der Waals surface area contributed by atoms with Crippen LogP contribution in [0.2, 0.25) is 25.7 Å². The normalized spacial score (nSPS) is 16.6. The van der Waals surface area contributed by atoms with Gasteiger partial charge in [-0.15, -0.1) is 0 Å². The molecule has 3 aromatic heterocycles. The van der Waals surface area contributed by atoms with Gasteiger partial charge in [0.1, 0.15) is 24.3 Å². The number of nitrogens with zero attached hydrogens (tertiary/aromatic N) is 5. The number of amides is 2. The number of aliphatic hydroxyl groups excluding tert-OH is 1. The third-order valence-electron chi connectivity index (χ3n) is 9.19. The van der Waals surface area contributed by atoms with E-state index < -0.39 is 50.6 Å². The predicted molar refractivity (Wildman–Crippen MR) is 177 cm³/mol. The zero-order valence-corrected chi connectivity index (χ0v) is 29.5. The van der Waals surface area contributed by atoms with Crippen LogP contribution in [-0.4, -0.2) is 74.5 Å². The van der Waals surface area contributed by atoms with Crippen LogP contribution in [0.25, 0.3) is 11.1 Å². The molecule has 2 atom stereocenters. The lowest BCUT2D eigenvalue weighted by atomic mass is 9.88. The van der Waals surface area contributed by atoms with Gasteiger partial charge in [-0.2, -0.15) is 27.8 Å². The minimum atomic E-state index is -4.80. The van der Waals surface area contributed by atoms with E-state index in [4.69, 9.17) is 4.74 Å². The molecule has 1 unspecified atom stereocenters. The van der Waals surface area contributed by atoms with Crippen molar-refractivity contribution in [1.82, 2.24) is 29.9 Å². The fourth-order valence-electron chi connectivity index (χ4n) is 6.19. The number of hydrogen-bond donors (Lipinski definition) is 3. The lowest BCUT2D eigenvalue weighted by Gasteiger charge is -2.27. The van der Waals surface area contributed by atoms with E-state index >= 15 is 4.39 Å². The Morgan fingerprint density at radius 2 is 1.76 bits per heavy atom. The summed E-state index contributed by atoms with van der Waals surface area (Å²) in [5.41, 5.74) is 2.09. The summed E-state index contributed by atoms with van der Waals surface area (Å²) in [5.74, 6) is -1.79. The van der Waals surface area contributed by atoms with Crippen molar-refractivity contribution < 1.29 is 37.0 Å². The number of pyridine rings is 1. The van der Waals surface area contributed by atoms with Gasteiger partial charge in [0.05, 0.1) is 5.69 Å². The summed E-state index contributed by atoms with van der Waals surface area (Å²) in [4.78, 5) is 31.3. The molecule has 0 spiro atoms. The van der Waals surface area contributed by atoms with Crippen LogP contribution in [0.15, 0.2) is 24.4 Å². The number of carbonyl (C=O) groups excluding carboxylic acids is 2. The molecule has 3 aromatic rings. The molecule has 5 rings (SSSR count). The highest BCUT2D eigenvalue weighted by Crippen LogP contribution is 2.51. The first-order valence-corrected chi connectivity index (χ1v) is 20.4. The number of alkyl halides is 3. The average Bonchev–Trinajstić information content (AvgIpc) is 3.95. The Kier molecular flexibility index (Phi) is 11.0. The molecule has 0 aromatic carbocycles. The Balaban J connectivity index is 1.30. The smallest absolute Gasteiger partial charge is 0.384 e.